The lowest BCUT2D eigenvalue weighted by Gasteiger charge is -2.07. The number of aryl methyl sites for hydroxylation is 1. The van der Waals surface area contributed by atoms with Crippen LogP contribution in [0.5, 0.6) is 0 Å². The average molecular weight is 324 g/mol. The number of rotatable bonds is 6. The maximum absolute atomic E-state index is 12.9. The normalized spacial score (nSPS) is 10.4. The van der Waals surface area contributed by atoms with E-state index in [2.05, 4.69) is 17.4 Å². The molecule has 0 aliphatic carbocycles. The van der Waals surface area contributed by atoms with Crippen LogP contribution in [0.4, 0.5) is 10.1 Å². The van der Waals surface area contributed by atoms with E-state index in [0.29, 0.717) is 11.4 Å². The van der Waals surface area contributed by atoms with Gasteiger partial charge in [0.15, 0.2) is 0 Å². The van der Waals surface area contributed by atoms with Crippen LogP contribution in [0.3, 0.4) is 0 Å². The van der Waals surface area contributed by atoms with Gasteiger partial charge in [0.2, 0.25) is 5.91 Å². The molecule has 0 aromatic heterocycles. The van der Waals surface area contributed by atoms with E-state index in [0.717, 1.165) is 12.2 Å². The number of carbonyl (C=O) groups is 1. The Balaban J connectivity index is 1.72. The van der Waals surface area contributed by atoms with Crippen molar-refractivity contribution in [2.24, 2.45) is 0 Å². The van der Waals surface area contributed by atoms with Crippen molar-refractivity contribution in [2.45, 2.75) is 6.42 Å². The summed E-state index contributed by atoms with van der Waals surface area (Å²) in [7, 11) is 0. The first-order valence-corrected chi connectivity index (χ1v) is 8.05. The van der Waals surface area contributed by atoms with Crippen molar-refractivity contribution in [3.05, 3.63) is 64.9 Å². The fourth-order valence-electron chi connectivity index (χ4n) is 1.78. The van der Waals surface area contributed by atoms with Gasteiger partial charge in [-0.15, -0.1) is 0 Å². The third-order valence-electron chi connectivity index (χ3n) is 2.82. The van der Waals surface area contributed by atoms with Gasteiger partial charge in [-0.25, -0.2) is 4.39 Å². The van der Waals surface area contributed by atoms with Crippen LogP contribution in [0.2, 0.25) is 5.02 Å². The summed E-state index contributed by atoms with van der Waals surface area (Å²) in [5.41, 5.74) is 1.69. The van der Waals surface area contributed by atoms with Gasteiger partial charge in [0.1, 0.15) is 5.82 Å². The second-order valence-corrected chi connectivity index (χ2v) is 5.97. The Morgan fingerprint density at radius 2 is 1.95 bits per heavy atom. The quantitative estimate of drug-likeness (QED) is 0.799. The van der Waals surface area contributed by atoms with Crippen LogP contribution >= 0.6 is 23.4 Å². The monoisotopic (exact) mass is 323 g/mol. The fraction of sp³-hybridized carbons (Fsp3) is 0.188. The Bertz CT molecular complexity index is 606. The number of halogens is 2. The zero-order valence-corrected chi connectivity index (χ0v) is 12.9. The number of anilines is 1. The topological polar surface area (TPSA) is 29.1 Å². The molecule has 0 saturated carbocycles. The van der Waals surface area contributed by atoms with Crippen LogP contribution in [0, 0.1) is 5.82 Å². The molecule has 0 aliphatic heterocycles. The molecule has 5 heteroatoms. The average Bonchev–Trinajstić information content (AvgIpc) is 2.48. The van der Waals surface area contributed by atoms with E-state index in [9.17, 15) is 9.18 Å². The van der Waals surface area contributed by atoms with Gasteiger partial charge in [-0.1, -0.05) is 41.9 Å². The van der Waals surface area contributed by atoms with Crippen molar-refractivity contribution >= 4 is 35.0 Å². The number of carbonyl (C=O) groups excluding carboxylic acids is 1. The molecular formula is C16H15ClFNOS. The van der Waals surface area contributed by atoms with Crippen LogP contribution in [-0.4, -0.2) is 17.4 Å². The highest BCUT2D eigenvalue weighted by atomic mass is 35.5. The smallest absolute Gasteiger partial charge is 0.234 e. The molecule has 1 N–H and O–H groups in total. The maximum atomic E-state index is 12.9. The highest BCUT2D eigenvalue weighted by Gasteiger charge is 2.06. The molecule has 0 atom stereocenters. The largest absolute Gasteiger partial charge is 0.324 e. The van der Waals surface area contributed by atoms with Crippen molar-refractivity contribution < 1.29 is 9.18 Å². The Morgan fingerprint density at radius 3 is 2.67 bits per heavy atom. The zero-order valence-electron chi connectivity index (χ0n) is 11.3. The number of hydrogen-bond acceptors (Lipinski definition) is 2. The van der Waals surface area contributed by atoms with Gasteiger partial charge in [0.05, 0.1) is 16.5 Å². The summed E-state index contributed by atoms with van der Waals surface area (Å²) >= 11 is 7.41. The molecule has 2 aromatic rings. The summed E-state index contributed by atoms with van der Waals surface area (Å²) in [5, 5.41) is 2.88. The molecule has 0 radical (unpaired) electrons. The van der Waals surface area contributed by atoms with Gasteiger partial charge in [0, 0.05) is 0 Å². The van der Waals surface area contributed by atoms with Crippen molar-refractivity contribution in [3.63, 3.8) is 0 Å². The predicted octanol–water partition coefficient (Wildman–Crippen LogP) is 4.39. The van der Waals surface area contributed by atoms with E-state index in [1.54, 1.807) is 11.8 Å². The predicted molar refractivity (Wildman–Crippen MR) is 87.5 cm³/mol. The lowest BCUT2D eigenvalue weighted by molar-refractivity contribution is -0.113. The molecule has 0 aliphatic rings. The van der Waals surface area contributed by atoms with E-state index in [1.807, 2.05) is 18.2 Å². The maximum Gasteiger partial charge on any atom is 0.234 e. The van der Waals surface area contributed by atoms with Crippen LogP contribution in [0.15, 0.2) is 48.5 Å². The van der Waals surface area contributed by atoms with Crippen LogP contribution in [-0.2, 0) is 11.2 Å². The van der Waals surface area contributed by atoms with E-state index in [1.165, 1.54) is 23.8 Å². The molecule has 0 fully saturated rings. The molecule has 110 valence electrons. The Labute approximate surface area is 132 Å². The van der Waals surface area contributed by atoms with Gasteiger partial charge < -0.3 is 5.32 Å². The standard InChI is InChI=1S/C16H15ClFNOS/c17-14-10-13(18)6-7-15(14)19-16(20)11-21-9-8-12-4-2-1-3-5-12/h1-7,10H,8-9,11H2,(H,19,20). The van der Waals surface area contributed by atoms with E-state index < -0.39 is 5.82 Å². The summed E-state index contributed by atoms with van der Waals surface area (Å²) in [6, 6.07) is 14.0. The number of amides is 1. The van der Waals surface area contributed by atoms with Gasteiger partial charge in [-0.05, 0) is 35.9 Å². The molecule has 21 heavy (non-hydrogen) atoms. The zero-order chi connectivity index (χ0) is 15.1. The minimum Gasteiger partial charge on any atom is -0.324 e. The molecule has 0 heterocycles. The van der Waals surface area contributed by atoms with Gasteiger partial charge in [0.25, 0.3) is 0 Å². The van der Waals surface area contributed by atoms with E-state index in [-0.39, 0.29) is 10.9 Å². The van der Waals surface area contributed by atoms with Gasteiger partial charge in [-0.2, -0.15) is 11.8 Å². The number of benzene rings is 2. The van der Waals surface area contributed by atoms with E-state index in [4.69, 9.17) is 11.6 Å². The number of hydrogen-bond donors (Lipinski definition) is 1. The minimum absolute atomic E-state index is 0.137. The van der Waals surface area contributed by atoms with Crippen LogP contribution < -0.4 is 5.32 Å². The highest BCUT2D eigenvalue weighted by molar-refractivity contribution is 7.99. The Morgan fingerprint density at radius 1 is 1.19 bits per heavy atom. The molecule has 0 unspecified atom stereocenters. The third-order valence-corrected chi connectivity index (χ3v) is 4.09. The molecule has 0 spiro atoms. The molecule has 2 rings (SSSR count). The Kier molecular flexibility index (Phi) is 6.08. The lowest BCUT2D eigenvalue weighted by Crippen LogP contribution is -2.14. The summed E-state index contributed by atoms with van der Waals surface area (Å²) in [6.07, 6.45) is 0.927. The molecule has 2 aromatic carbocycles. The Hall–Kier alpha value is -1.52. The number of nitrogens with one attached hydrogen (secondary N) is 1. The van der Waals surface area contributed by atoms with Crippen molar-refractivity contribution in [3.8, 4) is 0 Å². The molecule has 2 nitrogen and oxygen atoms in total. The SMILES string of the molecule is O=C(CSCCc1ccccc1)Nc1ccc(F)cc1Cl. The molecule has 0 bridgehead atoms. The van der Waals surface area contributed by atoms with Crippen LogP contribution in [0.1, 0.15) is 5.56 Å². The lowest BCUT2D eigenvalue weighted by atomic mass is 10.2. The molecular weight excluding hydrogens is 309 g/mol. The summed E-state index contributed by atoms with van der Waals surface area (Å²) in [4.78, 5) is 11.8. The molecule has 0 saturated heterocycles. The van der Waals surface area contributed by atoms with Gasteiger partial charge in [-0.3, -0.25) is 4.79 Å². The van der Waals surface area contributed by atoms with Crippen molar-refractivity contribution in [1.82, 2.24) is 0 Å². The summed E-state index contributed by atoms with van der Waals surface area (Å²) < 4.78 is 12.9. The van der Waals surface area contributed by atoms with Crippen molar-refractivity contribution in [1.29, 1.82) is 0 Å². The van der Waals surface area contributed by atoms with Gasteiger partial charge >= 0.3 is 0 Å². The second-order valence-electron chi connectivity index (χ2n) is 4.46. The molecule has 1 amide bonds. The minimum atomic E-state index is -0.421. The summed E-state index contributed by atoms with van der Waals surface area (Å²) in [6.45, 7) is 0. The second kappa shape index (κ2) is 8.05. The third kappa shape index (κ3) is 5.40. The van der Waals surface area contributed by atoms with E-state index >= 15 is 0 Å². The first-order chi connectivity index (χ1) is 10.1. The highest BCUT2D eigenvalue weighted by Crippen LogP contribution is 2.22. The fourth-order valence-corrected chi connectivity index (χ4v) is 2.77. The first-order valence-electron chi connectivity index (χ1n) is 6.52. The van der Waals surface area contributed by atoms with Crippen LogP contribution in [0.25, 0.3) is 0 Å². The summed E-state index contributed by atoms with van der Waals surface area (Å²) in [5.74, 6) is 0.659. The van der Waals surface area contributed by atoms with Crippen molar-refractivity contribution in [2.75, 3.05) is 16.8 Å². The number of thioether (sulfide) groups is 1. The first kappa shape index (κ1) is 15.9.